The van der Waals surface area contributed by atoms with Gasteiger partial charge in [0.1, 0.15) is 5.82 Å². The molecule has 7 heteroatoms. The van der Waals surface area contributed by atoms with Crippen molar-refractivity contribution in [2.24, 2.45) is 0 Å². The maximum Gasteiger partial charge on any atom is 0.327 e. The first-order chi connectivity index (χ1) is 6.97. The Kier molecular flexibility index (Phi) is 2.93. The lowest BCUT2D eigenvalue weighted by atomic mass is 10.4. The first-order valence-corrected chi connectivity index (χ1v) is 4.26. The van der Waals surface area contributed by atoms with E-state index in [2.05, 4.69) is 10.3 Å². The highest BCUT2D eigenvalue weighted by Crippen LogP contribution is 2.14. The molecule has 0 aromatic carbocycles. The van der Waals surface area contributed by atoms with Crippen LogP contribution in [-0.4, -0.2) is 30.0 Å². The van der Waals surface area contributed by atoms with Gasteiger partial charge >= 0.3 is 5.69 Å². The Labute approximate surface area is 85.1 Å². The summed E-state index contributed by atoms with van der Waals surface area (Å²) in [4.78, 5) is 39.1. The van der Waals surface area contributed by atoms with E-state index in [1.165, 1.54) is 14.0 Å². The molecular weight excluding hydrogens is 200 g/mol. The topological polar surface area (TPSA) is 98.1 Å². The molecule has 0 atom stereocenters. The van der Waals surface area contributed by atoms with E-state index in [0.29, 0.717) is 0 Å². The molecule has 1 aromatic rings. The van der Waals surface area contributed by atoms with Crippen LogP contribution in [0.25, 0.3) is 0 Å². The second kappa shape index (κ2) is 3.99. The Bertz CT molecular complexity index is 487. The third-order valence-corrected chi connectivity index (χ3v) is 1.98. The fourth-order valence-corrected chi connectivity index (χ4v) is 1.14. The molecule has 0 saturated heterocycles. The van der Waals surface area contributed by atoms with Gasteiger partial charge in [-0.15, -0.1) is 0 Å². The Morgan fingerprint density at radius 1 is 1.33 bits per heavy atom. The molecule has 0 spiro atoms. The molecule has 0 aliphatic rings. The minimum atomic E-state index is -0.620. The molecule has 1 heterocycles. The molecule has 0 radical (unpaired) electrons. The number of nitrogens with zero attached hydrogens (tertiary/aromatic N) is 1. The quantitative estimate of drug-likeness (QED) is 0.591. The van der Waals surface area contributed by atoms with E-state index in [4.69, 9.17) is 0 Å². The molecule has 0 saturated carbocycles. The third-order valence-electron chi connectivity index (χ3n) is 1.98. The molecule has 0 bridgehead atoms. The van der Waals surface area contributed by atoms with Crippen molar-refractivity contribution in [2.45, 2.75) is 6.92 Å². The highest BCUT2D eigenvalue weighted by Gasteiger charge is 2.15. The summed E-state index contributed by atoms with van der Waals surface area (Å²) in [6.07, 6.45) is 0. The van der Waals surface area contributed by atoms with Crippen LogP contribution in [0.1, 0.15) is 6.92 Å². The largest absolute Gasteiger partial charge is 0.373 e. The maximum atomic E-state index is 11.5. The molecule has 1 aromatic heterocycles. The number of anilines is 2. The Morgan fingerprint density at radius 3 is 2.40 bits per heavy atom. The van der Waals surface area contributed by atoms with Gasteiger partial charge in [-0.25, -0.2) is 4.79 Å². The smallest absolute Gasteiger partial charge is 0.327 e. The lowest BCUT2D eigenvalue weighted by Crippen LogP contribution is -2.34. The van der Waals surface area contributed by atoms with E-state index in [-0.39, 0.29) is 17.4 Å². The number of carbonyl (C=O) groups excluding carboxylic acids is 1. The summed E-state index contributed by atoms with van der Waals surface area (Å²) < 4.78 is 0. The normalized spacial score (nSPS) is 9.80. The van der Waals surface area contributed by atoms with E-state index < -0.39 is 11.2 Å². The van der Waals surface area contributed by atoms with Crippen LogP contribution in [0.5, 0.6) is 0 Å². The molecule has 1 amide bonds. The SMILES string of the molecule is CNc1[nH]c(=O)[nH]c(=O)c1N(C)C(C)=O. The number of H-pyrrole nitrogens is 2. The van der Waals surface area contributed by atoms with Gasteiger partial charge in [0.15, 0.2) is 5.69 Å². The highest BCUT2D eigenvalue weighted by molar-refractivity contribution is 5.93. The molecule has 3 N–H and O–H groups in total. The van der Waals surface area contributed by atoms with Crippen molar-refractivity contribution < 1.29 is 4.79 Å². The lowest BCUT2D eigenvalue weighted by Gasteiger charge is -2.16. The van der Waals surface area contributed by atoms with E-state index >= 15 is 0 Å². The second-order valence-corrected chi connectivity index (χ2v) is 2.96. The Morgan fingerprint density at radius 2 is 1.93 bits per heavy atom. The van der Waals surface area contributed by atoms with Crippen LogP contribution >= 0.6 is 0 Å². The van der Waals surface area contributed by atoms with Gasteiger partial charge in [-0.05, 0) is 0 Å². The molecule has 1 rings (SSSR count). The molecular formula is C8H12N4O3. The minimum Gasteiger partial charge on any atom is -0.373 e. The van der Waals surface area contributed by atoms with E-state index in [0.717, 1.165) is 4.90 Å². The van der Waals surface area contributed by atoms with Crippen LogP contribution in [0, 0.1) is 0 Å². The van der Waals surface area contributed by atoms with Crippen molar-refractivity contribution in [1.29, 1.82) is 0 Å². The lowest BCUT2D eigenvalue weighted by molar-refractivity contribution is -0.116. The first-order valence-electron chi connectivity index (χ1n) is 4.26. The zero-order valence-electron chi connectivity index (χ0n) is 8.67. The van der Waals surface area contributed by atoms with Gasteiger partial charge in [-0.1, -0.05) is 0 Å². The number of amides is 1. The summed E-state index contributed by atoms with van der Waals surface area (Å²) in [7, 11) is 2.99. The molecule has 0 unspecified atom stereocenters. The van der Waals surface area contributed by atoms with Crippen LogP contribution < -0.4 is 21.5 Å². The predicted molar refractivity (Wildman–Crippen MR) is 56.3 cm³/mol. The predicted octanol–water partition coefficient (Wildman–Crippen LogP) is -0.912. The highest BCUT2D eigenvalue weighted by atomic mass is 16.2. The summed E-state index contributed by atoms with van der Waals surface area (Å²) in [6, 6.07) is 0. The summed E-state index contributed by atoms with van der Waals surface area (Å²) in [6.45, 7) is 1.32. The first kappa shape index (κ1) is 11.0. The number of hydrogen-bond acceptors (Lipinski definition) is 4. The average molecular weight is 212 g/mol. The maximum absolute atomic E-state index is 11.5. The molecule has 82 valence electrons. The summed E-state index contributed by atoms with van der Waals surface area (Å²) in [5.41, 5.74) is -1.14. The number of nitrogens with one attached hydrogen (secondary N) is 3. The zero-order chi connectivity index (χ0) is 11.6. The number of rotatable bonds is 2. The molecule has 0 aliphatic heterocycles. The minimum absolute atomic E-state index is 0.0876. The third kappa shape index (κ3) is 2.06. The standard InChI is InChI=1S/C8H12N4O3/c1-4(13)12(3)5-6(9-2)10-8(15)11-7(5)14/h1-3H3,(H3,9,10,11,14,15). The van der Waals surface area contributed by atoms with Crippen LogP contribution in [0.15, 0.2) is 9.59 Å². The fourth-order valence-electron chi connectivity index (χ4n) is 1.14. The van der Waals surface area contributed by atoms with Crippen LogP contribution in [-0.2, 0) is 4.79 Å². The van der Waals surface area contributed by atoms with Crippen LogP contribution in [0.4, 0.5) is 11.5 Å². The van der Waals surface area contributed by atoms with Gasteiger partial charge in [0.2, 0.25) is 5.91 Å². The van der Waals surface area contributed by atoms with Crippen LogP contribution in [0.2, 0.25) is 0 Å². The molecule has 15 heavy (non-hydrogen) atoms. The van der Waals surface area contributed by atoms with Gasteiger partial charge in [0.25, 0.3) is 5.56 Å². The van der Waals surface area contributed by atoms with Gasteiger partial charge in [0, 0.05) is 21.0 Å². The van der Waals surface area contributed by atoms with Crippen molar-refractivity contribution in [3.8, 4) is 0 Å². The van der Waals surface area contributed by atoms with Crippen LogP contribution in [0.3, 0.4) is 0 Å². The zero-order valence-corrected chi connectivity index (χ0v) is 8.67. The number of carbonyl (C=O) groups is 1. The Balaban J connectivity index is 3.46. The van der Waals surface area contributed by atoms with Gasteiger partial charge < -0.3 is 10.2 Å². The molecule has 0 aliphatic carbocycles. The second-order valence-electron chi connectivity index (χ2n) is 2.96. The van der Waals surface area contributed by atoms with E-state index in [9.17, 15) is 14.4 Å². The molecule has 7 nitrogen and oxygen atoms in total. The monoisotopic (exact) mass is 212 g/mol. The Hall–Kier alpha value is -2.05. The summed E-state index contributed by atoms with van der Waals surface area (Å²) in [5, 5.41) is 2.64. The average Bonchev–Trinajstić information content (AvgIpc) is 2.15. The van der Waals surface area contributed by atoms with Gasteiger partial charge in [-0.2, -0.15) is 0 Å². The summed E-state index contributed by atoms with van der Waals surface area (Å²) in [5.74, 6) is -0.0921. The van der Waals surface area contributed by atoms with Gasteiger partial charge in [-0.3, -0.25) is 19.6 Å². The number of aromatic amines is 2. The van der Waals surface area contributed by atoms with Crippen molar-refractivity contribution in [3.63, 3.8) is 0 Å². The van der Waals surface area contributed by atoms with E-state index in [1.807, 2.05) is 4.98 Å². The van der Waals surface area contributed by atoms with Crippen molar-refractivity contribution in [1.82, 2.24) is 9.97 Å². The fraction of sp³-hybridized carbons (Fsp3) is 0.375. The van der Waals surface area contributed by atoms with Gasteiger partial charge in [0.05, 0.1) is 0 Å². The van der Waals surface area contributed by atoms with Crippen molar-refractivity contribution in [2.75, 3.05) is 24.3 Å². The van der Waals surface area contributed by atoms with E-state index in [1.54, 1.807) is 7.05 Å². The number of hydrogen-bond donors (Lipinski definition) is 3. The summed E-state index contributed by atoms with van der Waals surface area (Å²) >= 11 is 0. The number of aromatic nitrogens is 2. The molecule has 0 fully saturated rings. The van der Waals surface area contributed by atoms with Crippen molar-refractivity contribution in [3.05, 3.63) is 20.8 Å². The van der Waals surface area contributed by atoms with Crippen molar-refractivity contribution >= 4 is 17.4 Å².